The van der Waals surface area contributed by atoms with E-state index in [4.69, 9.17) is 9.26 Å². The predicted molar refractivity (Wildman–Crippen MR) is 47.0 cm³/mol. The molecule has 1 saturated heterocycles. The maximum atomic E-state index is 9.57. The second kappa shape index (κ2) is 3.26. The molecule has 1 saturated carbocycles. The van der Waals surface area contributed by atoms with Crippen LogP contribution in [0.5, 0.6) is 0 Å². The first-order chi connectivity index (χ1) is 7.25. The van der Waals surface area contributed by atoms with Crippen molar-refractivity contribution in [3.63, 3.8) is 0 Å². The van der Waals surface area contributed by atoms with Gasteiger partial charge in [0.25, 0.3) is 5.89 Å². The molecule has 15 heavy (non-hydrogen) atoms. The number of nitrogens with zero attached hydrogens (tertiary/aromatic N) is 2. The van der Waals surface area contributed by atoms with Gasteiger partial charge in [0.2, 0.25) is 0 Å². The molecule has 1 aromatic rings. The van der Waals surface area contributed by atoms with Gasteiger partial charge >= 0.3 is 0 Å². The lowest BCUT2D eigenvalue weighted by Crippen LogP contribution is -2.25. The van der Waals surface area contributed by atoms with Crippen molar-refractivity contribution in [2.24, 2.45) is 0 Å². The van der Waals surface area contributed by atoms with Crippen molar-refractivity contribution in [1.82, 2.24) is 10.1 Å². The van der Waals surface area contributed by atoms with E-state index in [1.165, 1.54) is 0 Å². The van der Waals surface area contributed by atoms with E-state index in [2.05, 4.69) is 10.1 Å². The van der Waals surface area contributed by atoms with Gasteiger partial charge in [-0.25, -0.2) is 0 Å². The minimum absolute atomic E-state index is 0.104. The number of rotatable bonds is 2. The molecule has 0 aromatic carbocycles. The van der Waals surface area contributed by atoms with Crippen molar-refractivity contribution < 1.29 is 19.5 Å². The number of hydrogen-bond acceptors (Lipinski definition) is 6. The molecule has 0 radical (unpaired) electrons. The molecule has 6 nitrogen and oxygen atoms in total. The van der Waals surface area contributed by atoms with Gasteiger partial charge in [-0.05, 0) is 12.8 Å². The molecule has 0 amide bonds. The maximum absolute atomic E-state index is 9.57. The van der Waals surface area contributed by atoms with Crippen LogP contribution < -0.4 is 0 Å². The Morgan fingerprint density at radius 3 is 2.67 bits per heavy atom. The summed E-state index contributed by atoms with van der Waals surface area (Å²) in [5.41, 5.74) is 0. The lowest BCUT2D eigenvalue weighted by molar-refractivity contribution is 0.00637. The van der Waals surface area contributed by atoms with E-state index in [0.29, 0.717) is 11.7 Å². The Morgan fingerprint density at radius 2 is 2.07 bits per heavy atom. The van der Waals surface area contributed by atoms with Gasteiger partial charge < -0.3 is 19.5 Å². The van der Waals surface area contributed by atoms with Crippen molar-refractivity contribution in [2.75, 3.05) is 6.61 Å². The zero-order valence-electron chi connectivity index (χ0n) is 8.04. The van der Waals surface area contributed by atoms with Crippen LogP contribution in [0.4, 0.5) is 0 Å². The lowest BCUT2D eigenvalue weighted by atomic mass is 10.1. The van der Waals surface area contributed by atoms with Crippen LogP contribution in [-0.2, 0) is 4.74 Å². The van der Waals surface area contributed by atoms with E-state index < -0.39 is 18.3 Å². The summed E-state index contributed by atoms with van der Waals surface area (Å²) in [6.07, 6.45) is -0.338. The Morgan fingerprint density at radius 1 is 1.27 bits per heavy atom. The van der Waals surface area contributed by atoms with Gasteiger partial charge in [-0.15, -0.1) is 0 Å². The Balaban J connectivity index is 1.80. The van der Waals surface area contributed by atoms with Crippen molar-refractivity contribution in [2.45, 2.75) is 37.1 Å². The second-order valence-electron chi connectivity index (χ2n) is 4.08. The minimum Gasteiger partial charge on any atom is -0.388 e. The Bertz CT molecular complexity index is 363. The summed E-state index contributed by atoms with van der Waals surface area (Å²) in [6, 6.07) is 0. The molecule has 3 unspecified atom stereocenters. The maximum Gasteiger partial charge on any atom is 0.258 e. The van der Waals surface area contributed by atoms with Gasteiger partial charge in [0.1, 0.15) is 12.2 Å². The lowest BCUT2D eigenvalue weighted by Gasteiger charge is -2.09. The molecule has 1 aliphatic carbocycles. The third-order valence-electron chi connectivity index (χ3n) is 2.79. The van der Waals surface area contributed by atoms with E-state index >= 15 is 0 Å². The van der Waals surface area contributed by atoms with Gasteiger partial charge in [-0.2, -0.15) is 4.98 Å². The monoisotopic (exact) mass is 212 g/mol. The van der Waals surface area contributed by atoms with Crippen LogP contribution in [0.15, 0.2) is 4.52 Å². The summed E-state index contributed by atoms with van der Waals surface area (Å²) in [7, 11) is 0. The van der Waals surface area contributed by atoms with E-state index in [0.717, 1.165) is 12.8 Å². The smallest absolute Gasteiger partial charge is 0.258 e. The standard InChI is InChI=1S/C9H12N2O4/c12-5-3-14-7(6(5)13)9-10-8(11-15-9)4-1-2-4/h4-7,12-13H,1-3H2. The molecular formula is C9H12N2O4. The van der Waals surface area contributed by atoms with Crippen LogP contribution >= 0.6 is 0 Å². The average molecular weight is 212 g/mol. The van der Waals surface area contributed by atoms with Crippen LogP contribution in [0.25, 0.3) is 0 Å². The molecule has 2 heterocycles. The number of aliphatic hydroxyl groups is 2. The zero-order valence-corrected chi connectivity index (χ0v) is 8.04. The third-order valence-corrected chi connectivity index (χ3v) is 2.79. The summed E-state index contributed by atoms with van der Waals surface area (Å²) in [4.78, 5) is 4.17. The highest BCUT2D eigenvalue weighted by atomic mass is 16.6. The van der Waals surface area contributed by atoms with Crippen LogP contribution in [-0.4, -0.2) is 39.2 Å². The molecule has 6 heteroatoms. The van der Waals surface area contributed by atoms with E-state index in [1.54, 1.807) is 0 Å². The first kappa shape index (κ1) is 9.26. The summed E-state index contributed by atoms with van der Waals surface area (Å²) in [5, 5.41) is 22.7. The SMILES string of the molecule is OC1COC(c2nc(C3CC3)no2)C1O. The van der Waals surface area contributed by atoms with Crippen LogP contribution in [0.3, 0.4) is 0 Å². The third kappa shape index (κ3) is 1.54. The first-order valence-corrected chi connectivity index (χ1v) is 5.07. The number of hydrogen-bond donors (Lipinski definition) is 2. The van der Waals surface area contributed by atoms with Crippen molar-refractivity contribution in [3.8, 4) is 0 Å². The fourth-order valence-electron chi connectivity index (χ4n) is 1.69. The first-order valence-electron chi connectivity index (χ1n) is 5.07. The fraction of sp³-hybridized carbons (Fsp3) is 0.778. The molecule has 1 aliphatic heterocycles. The molecule has 2 aliphatic rings. The van der Waals surface area contributed by atoms with Gasteiger partial charge in [-0.1, -0.05) is 5.16 Å². The largest absolute Gasteiger partial charge is 0.388 e. The molecule has 3 rings (SSSR count). The molecule has 2 fully saturated rings. The topological polar surface area (TPSA) is 88.6 Å². The van der Waals surface area contributed by atoms with Crippen LogP contribution in [0.2, 0.25) is 0 Å². The summed E-state index contributed by atoms with van der Waals surface area (Å²) >= 11 is 0. The molecule has 0 bridgehead atoms. The van der Waals surface area contributed by atoms with E-state index in [9.17, 15) is 10.2 Å². The van der Waals surface area contributed by atoms with Crippen molar-refractivity contribution >= 4 is 0 Å². The average Bonchev–Trinajstić information content (AvgIpc) is 2.89. The molecule has 1 aromatic heterocycles. The van der Waals surface area contributed by atoms with Crippen molar-refractivity contribution in [1.29, 1.82) is 0 Å². The Labute approximate surface area is 85.9 Å². The highest BCUT2D eigenvalue weighted by Gasteiger charge is 2.40. The number of aliphatic hydroxyl groups excluding tert-OH is 2. The van der Waals surface area contributed by atoms with E-state index in [1.807, 2.05) is 0 Å². The highest BCUT2D eigenvalue weighted by Crippen LogP contribution is 2.39. The van der Waals surface area contributed by atoms with Gasteiger partial charge in [-0.3, -0.25) is 0 Å². The summed E-state index contributed by atoms with van der Waals surface area (Å²) in [5.74, 6) is 1.36. The molecule has 82 valence electrons. The van der Waals surface area contributed by atoms with Crippen molar-refractivity contribution in [3.05, 3.63) is 11.7 Å². The normalized spacial score (nSPS) is 36.0. The molecule has 2 N–H and O–H groups in total. The predicted octanol–water partition coefficient (Wildman–Crippen LogP) is -0.260. The highest BCUT2D eigenvalue weighted by molar-refractivity contribution is 5.06. The minimum atomic E-state index is -0.975. The zero-order chi connectivity index (χ0) is 10.4. The summed E-state index contributed by atoms with van der Waals surface area (Å²) in [6.45, 7) is 0.104. The number of aromatic nitrogens is 2. The fourth-order valence-corrected chi connectivity index (χ4v) is 1.69. The van der Waals surface area contributed by atoms with Gasteiger partial charge in [0.15, 0.2) is 11.9 Å². The van der Waals surface area contributed by atoms with E-state index in [-0.39, 0.29) is 12.5 Å². The second-order valence-corrected chi connectivity index (χ2v) is 4.08. The quantitative estimate of drug-likeness (QED) is 0.702. The van der Waals surface area contributed by atoms with Gasteiger partial charge in [0, 0.05) is 5.92 Å². The van der Waals surface area contributed by atoms with Crippen LogP contribution in [0.1, 0.15) is 36.6 Å². The Kier molecular flexibility index (Phi) is 2.01. The molecule has 0 spiro atoms. The van der Waals surface area contributed by atoms with Crippen LogP contribution in [0, 0.1) is 0 Å². The molecule has 3 atom stereocenters. The molecular weight excluding hydrogens is 200 g/mol. The van der Waals surface area contributed by atoms with Gasteiger partial charge in [0.05, 0.1) is 6.61 Å². The summed E-state index contributed by atoms with van der Waals surface area (Å²) < 4.78 is 10.2. The Hall–Kier alpha value is -0.980. The number of ether oxygens (including phenoxy) is 1.